The molecule has 7 nitrogen and oxygen atoms in total. The maximum atomic E-state index is 11.2. The molecule has 0 unspecified atom stereocenters. The first-order chi connectivity index (χ1) is 12.6. The molecule has 0 aliphatic heterocycles. The van der Waals surface area contributed by atoms with Gasteiger partial charge in [-0.25, -0.2) is 9.67 Å². The van der Waals surface area contributed by atoms with E-state index in [0.717, 1.165) is 16.8 Å². The molecule has 2 aromatic carbocycles. The fourth-order valence-electron chi connectivity index (χ4n) is 2.48. The van der Waals surface area contributed by atoms with Crippen LogP contribution >= 0.6 is 0 Å². The first-order valence-corrected chi connectivity index (χ1v) is 8.09. The molecule has 0 bridgehead atoms. The third-order valence-corrected chi connectivity index (χ3v) is 3.99. The fourth-order valence-corrected chi connectivity index (χ4v) is 2.48. The van der Waals surface area contributed by atoms with Gasteiger partial charge in [0.2, 0.25) is 0 Å². The van der Waals surface area contributed by atoms with Crippen molar-refractivity contribution in [3.63, 3.8) is 0 Å². The van der Waals surface area contributed by atoms with E-state index in [2.05, 4.69) is 14.8 Å². The summed E-state index contributed by atoms with van der Waals surface area (Å²) in [4.78, 5) is 15.5. The van der Waals surface area contributed by atoms with Crippen LogP contribution in [0.3, 0.4) is 0 Å². The van der Waals surface area contributed by atoms with Crippen molar-refractivity contribution in [1.82, 2.24) is 14.8 Å². The van der Waals surface area contributed by atoms with Crippen molar-refractivity contribution in [3.8, 4) is 17.1 Å². The zero-order valence-corrected chi connectivity index (χ0v) is 14.3. The van der Waals surface area contributed by atoms with Gasteiger partial charge in [-0.1, -0.05) is 36.4 Å². The molecule has 0 radical (unpaired) electrons. The van der Waals surface area contributed by atoms with Crippen LogP contribution in [0, 0.1) is 5.41 Å². The van der Waals surface area contributed by atoms with Crippen molar-refractivity contribution in [2.75, 3.05) is 7.11 Å². The number of rotatable bonds is 6. The number of ether oxygens (including phenoxy) is 1. The van der Waals surface area contributed by atoms with Crippen LogP contribution in [-0.2, 0) is 16.0 Å². The van der Waals surface area contributed by atoms with Crippen molar-refractivity contribution < 1.29 is 9.53 Å². The lowest BCUT2D eigenvalue weighted by atomic mass is 10.1. The Morgan fingerprint density at radius 1 is 1.15 bits per heavy atom. The molecule has 3 aromatic rings. The van der Waals surface area contributed by atoms with Gasteiger partial charge in [0, 0.05) is 17.5 Å². The second kappa shape index (κ2) is 7.60. The highest BCUT2D eigenvalue weighted by Gasteiger charge is 2.07. The Kier molecular flexibility index (Phi) is 5.07. The number of carbonyl (C=O) groups is 1. The average Bonchev–Trinajstić information content (AvgIpc) is 3.16. The van der Waals surface area contributed by atoms with Gasteiger partial charge in [0.25, 0.3) is 0 Å². The second-order valence-electron chi connectivity index (χ2n) is 5.75. The highest BCUT2D eigenvalue weighted by Crippen LogP contribution is 2.17. The minimum Gasteiger partial charge on any atom is -0.469 e. The van der Waals surface area contributed by atoms with E-state index in [-0.39, 0.29) is 11.8 Å². The summed E-state index contributed by atoms with van der Waals surface area (Å²) in [5.74, 6) is 0.406. The van der Waals surface area contributed by atoms with Gasteiger partial charge >= 0.3 is 5.97 Å². The predicted octanol–water partition coefficient (Wildman–Crippen LogP) is 2.32. The lowest BCUT2D eigenvalue weighted by Crippen LogP contribution is -2.10. The fraction of sp³-hybridized carbons (Fsp3) is 0.158. The Labute approximate surface area is 150 Å². The quantitative estimate of drug-likeness (QED) is 0.403. The van der Waals surface area contributed by atoms with Crippen molar-refractivity contribution in [2.45, 2.75) is 12.8 Å². The zero-order chi connectivity index (χ0) is 18.5. The van der Waals surface area contributed by atoms with Crippen LogP contribution in [0.15, 0.2) is 54.9 Å². The molecule has 3 rings (SSSR count). The van der Waals surface area contributed by atoms with Crippen molar-refractivity contribution in [2.24, 2.45) is 5.73 Å². The van der Waals surface area contributed by atoms with Gasteiger partial charge in [0.1, 0.15) is 12.2 Å². The number of nitrogens with one attached hydrogen (secondary N) is 1. The van der Waals surface area contributed by atoms with Gasteiger partial charge in [-0.2, -0.15) is 0 Å². The van der Waals surface area contributed by atoms with E-state index in [1.54, 1.807) is 23.1 Å². The Balaban J connectivity index is 1.73. The van der Waals surface area contributed by atoms with Crippen LogP contribution in [0.25, 0.3) is 17.1 Å². The molecule has 0 fully saturated rings. The molecule has 0 aliphatic rings. The number of carbonyl (C=O) groups excluding carboxylic acids is 1. The lowest BCUT2D eigenvalue weighted by molar-refractivity contribution is -0.140. The summed E-state index contributed by atoms with van der Waals surface area (Å²) in [6.07, 6.45) is 2.65. The minimum atomic E-state index is -0.217. The van der Waals surface area contributed by atoms with Crippen LogP contribution in [0.4, 0.5) is 0 Å². The standard InChI is InChI=1S/C19H19N5O2/c1-26-17(25)11-4-13-2-9-16(10-3-13)24-12-22-19(23-24)15-7-5-14(6-8-15)18(20)21/h2-3,5-10,12H,4,11H2,1H3,(H3,20,21). The minimum absolute atomic E-state index is 0.0299. The first kappa shape index (κ1) is 17.3. The molecule has 0 spiro atoms. The molecular weight excluding hydrogens is 330 g/mol. The molecule has 1 heterocycles. The molecule has 0 saturated carbocycles. The largest absolute Gasteiger partial charge is 0.469 e. The second-order valence-corrected chi connectivity index (χ2v) is 5.75. The SMILES string of the molecule is COC(=O)CCc1ccc(-n2cnc(-c3ccc(C(=N)N)cc3)n2)cc1. The van der Waals surface area contributed by atoms with Crippen molar-refractivity contribution in [1.29, 1.82) is 5.41 Å². The number of amidine groups is 1. The molecule has 1 aromatic heterocycles. The van der Waals surface area contributed by atoms with Gasteiger partial charge in [0.05, 0.1) is 12.8 Å². The summed E-state index contributed by atoms with van der Waals surface area (Å²) in [7, 11) is 1.39. The monoisotopic (exact) mass is 349 g/mol. The van der Waals surface area contributed by atoms with Crippen LogP contribution in [0.1, 0.15) is 17.5 Å². The zero-order valence-electron chi connectivity index (χ0n) is 14.3. The first-order valence-electron chi connectivity index (χ1n) is 8.09. The van der Waals surface area contributed by atoms with Crippen LogP contribution < -0.4 is 5.73 Å². The number of aryl methyl sites for hydroxylation is 1. The Bertz CT molecular complexity index is 914. The average molecular weight is 349 g/mol. The van der Waals surface area contributed by atoms with Gasteiger partial charge < -0.3 is 10.5 Å². The van der Waals surface area contributed by atoms with E-state index in [9.17, 15) is 4.79 Å². The maximum Gasteiger partial charge on any atom is 0.305 e. The molecule has 26 heavy (non-hydrogen) atoms. The predicted molar refractivity (Wildman–Crippen MR) is 98.1 cm³/mol. The molecule has 0 saturated heterocycles. The smallest absolute Gasteiger partial charge is 0.305 e. The van der Waals surface area contributed by atoms with Crippen LogP contribution in [-0.4, -0.2) is 33.7 Å². The van der Waals surface area contributed by atoms with Crippen molar-refractivity contribution in [3.05, 3.63) is 66.0 Å². The third-order valence-electron chi connectivity index (χ3n) is 3.99. The summed E-state index contributed by atoms with van der Waals surface area (Å²) in [5, 5.41) is 11.9. The number of hydrogen-bond donors (Lipinski definition) is 2. The van der Waals surface area contributed by atoms with Gasteiger partial charge in [-0.05, 0) is 24.1 Å². The number of nitrogens with two attached hydrogens (primary N) is 1. The normalized spacial score (nSPS) is 10.5. The summed E-state index contributed by atoms with van der Waals surface area (Å²) < 4.78 is 6.34. The van der Waals surface area contributed by atoms with E-state index in [1.165, 1.54) is 7.11 Å². The number of benzene rings is 2. The van der Waals surface area contributed by atoms with Crippen LogP contribution in [0.5, 0.6) is 0 Å². The highest BCUT2D eigenvalue weighted by atomic mass is 16.5. The van der Waals surface area contributed by atoms with Gasteiger partial charge in [-0.3, -0.25) is 10.2 Å². The molecule has 0 aliphatic carbocycles. The molecule has 0 amide bonds. The summed E-state index contributed by atoms with van der Waals surface area (Å²) in [5.41, 5.74) is 8.91. The molecule has 132 valence electrons. The number of nitrogen functional groups attached to an aromatic ring is 1. The molecular formula is C19H19N5O2. The van der Waals surface area contributed by atoms with E-state index >= 15 is 0 Å². The third kappa shape index (κ3) is 3.94. The van der Waals surface area contributed by atoms with E-state index in [4.69, 9.17) is 11.1 Å². The summed E-state index contributed by atoms with van der Waals surface area (Å²) >= 11 is 0. The van der Waals surface area contributed by atoms with Crippen molar-refractivity contribution >= 4 is 11.8 Å². The Morgan fingerprint density at radius 3 is 2.46 bits per heavy atom. The molecule has 0 atom stereocenters. The molecule has 3 N–H and O–H groups in total. The number of nitrogens with zero attached hydrogens (tertiary/aromatic N) is 3. The maximum absolute atomic E-state index is 11.2. The number of aromatic nitrogens is 3. The number of esters is 1. The lowest BCUT2D eigenvalue weighted by Gasteiger charge is -2.04. The van der Waals surface area contributed by atoms with E-state index < -0.39 is 0 Å². The summed E-state index contributed by atoms with van der Waals surface area (Å²) in [6.45, 7) is 0. The Morgan fingerprint density at radius 2 is 1.85 bits per heavy atom. The number of methoxy groups -OCH3 is 1. The van der Waals surface area contributed by atoms with Gasteiger partial charge in [-0.15, -0.1) is 5.10 Å². The van der Waals surface area contributed by atoms with Gasteiger partial charge in [0.15, 0.2) is 5.82 Å². The molecule has 7 heteroatoms. The Hall–Kier alpha value is -3.48. The topological polar surface area (TPSA) is 107 Å². The van der Waals surface area contributed by atoms with E-state index in [1.807, 2.05) is 36.4 Å². The van der Waals surface area contributed by atoms with Crippen LogP contribution in [0.2, 0.25) is 0 Å². The summed E-state index contributed by atoms with van der Waals surface area (Å²) in [6, 6.07) is 15.0. The number of hydrogen-bond acceptors (Lipinski definition) is 5. The van der Waals surface area contributed by atoms with E-state index in [0.29, 0.717) is 24.2 Å². The highest BCUT2D eigenvalue weighted by molar-refractivity contribution is 5.95.